The van der Waals surface area contributed by atoms with Gasteiger partial charge in [0.05, 0.1) is 12.1 Å². The molecule has 0 spiro atoms. The third-order valence-electron chi connectivity index (χ3n) is 3.92. The van der Waals surface area contributed by atoms with Crippen LogP contribution in [0, 0.1) is 0 Å². The number of rotatable bonds is 7. The monoisotopic (exact) mass is 359 g/mol. The quantitative estimate of drug-likeness (QED) is 0.827. The first kappa shape index (κ1) is 19.1. The van der Waals surface area contributed by atoms with E-state index < -0.39 is 0 Å². The average molecular weight is 359 g/mol. The summed E-state index contributed by atoms with van der Waals surface area (Å²) in [5.41, 5.74) is 3.20. The number of thiazole rings is 1. The van der Waals surface area contributed by atoms with Crippen LogP contribution < -0.4 is 5.32 Å². The minimum atomic E-state index is 0.00920. The summed E-state index contributed by atoms with van der Waals surface area (Å²) < 4.78 is 0. The number of hydrogen-bond acceptors (Lipinski definition) is 4. The summed E-state index contributed by atoms with van der Waals surface area (Å²) in [5.74, 6) is 0.0690. The summed E-state index contributed by atoms with van der Waals surface area (Å²) >= 11 is 1.52. The molecule has 25 heavy (non-hydrogen) atoms. The van der Waals surface area contributed by atoms with Gasteiger partial charge in [-0.15, -0.1) is 11.3 Å². The van der Waals surface area contributed by atoms with E-state index >= 15 is 0 Å². The Hall–Kier alpha value is -2.21. The van der Waals surface area contributed by atoms with Crippen LogP contribution >= 0.6 is 11.3 Å². The van der Waals surface area contributed by atoms with Crippen molar-refractivity contribution in [1.82, 2.24) is 15.2 Å². The van der Waals surface area contributed by atoms with Gasteiger partial charge in [-0.2, -0.15) is 0 Å². The fraction of sp³-hybridized carbons (Fsp3) is 0.421. The number of benzene rings is 1. The van der Waals surface area contributed by atoms with Gasteiger partial charge in [0.15, 0.2) is 0 Å². The number of carbonyl (C=O) groups is 2. The van der Waals surface area contributed by atoms with Crippen LogP contribution in [0.1, 0.15) is 30.8 Å². The molecular weight excluding hydrogens is 334 g/mol. The molecule has 2 aromatic rings. The average Bonchev–Trinajstić information content (AvgIpc) is 3.01. The summed E-state index contributed by atoms with van der Waals surface area (Å²) in [6.07, 6.45) is 2.17. The molecule has 1 aromatic carbocycles. The maximum Gasteiger partial charge on any atom is 0.228 e. The Balaban J connectivity index is 1.95. The number of nitrogens with zero attached hydrogens (tertiary/aromatic N) is 2. The summed E-state index contributed by atoms with van der Waals surface area (Å²) in [5, 5.41) is 5.73. The van der Waals surface area contributed by atoms with Gasteiger partial charge in [0.25, 0.3) is 0 Å². The van der Waals surface area contributed by atoms with Crippen molar-refractivity contribution in [3.63, 3.8) is 0 Å². The van der Waals surface area contributed by atoms with Crippen LogP contribution in [-0.2, 0) is 22.4 Å². The van der Waals surface area contributed by atoms with E-state index in [1.807, 2.05) is 12.3 Å². The van der Waals surface area contributed by atoms with Crippen molar-refractivity contribution in [3.8, 4) is 11.3 Å². The molecule has 0 radical (unpaired) electrons. The third kappa shape index (κ3) is 5.98. The predicted octanol–water partition coefficient (Wildman–Crippen LogP) is 2.90. The van der Waals surface area contributed by atoms with E-state index in [1.165, 1.54) is 16.9 Å². The summed E-state index contributed by atoms with van der Waals surface area (Å²) in [6, 6.07) is 8.49. The maximum absolute atomic E-state index is 11.8. The topological polar surface area (TPSA) is 62.3 Å². The van der Waals surface area contributed by atoms with Gasteiger partial charge in [-0.1, -0.05) is 24.3 Å². The van der Waals surface area contributed by atoms with Crippen molar-refractivity contribution < 1.29 is 9.59 Å². The van der Waals surface area contributed by atoms with Gasteiger partial charge in [-0.3, -0.25) is 9.59 Å². The van der Waals surface area contributed by atoms with E-state index in [2.05, 4.69) is 34.6 Å². The van der Waals surface area contributed by atoms with Crippen molar-refractivity contribution in [3.05, 3.63) is 40.2 Å². The SMILES string of the molecule is CC(=O)N[C@H](C)CCc1ccc(-c2csc(CC(=O)N(C)C)n2)cc1. The van der Waals surface area contributed by atoms with Gasteiger partial charge in [-0.25, -0.2) is 4.98 Å². The van der Waals surface area contributed by atoms with Crippen LogP contribution in [0.15, 0.2) is 29.6 Å². The smallest absolute Gasteiger partial charge is 0.228 e. The number of aromatic nitrogens is 1. The van der Waals surface area contributed by atoms with Gasteiger partial charge < -0.3 is 10.2 Å². The van der Waals surface area contributed by atoms with Crippen LogP contribution in [0.5, 0.6) is 0 Å². The highest BCUT2D eigenvalue weighted by molar-refractivity contribution is 7.10. The van der Waals surface area contributed by atoms with E-state index in [-0.39, 0.29) is 17.9 Å². The van der Waals surface area contributed by atoms with E-state index in [0.29, 0.717) is 6.42 Å². The second kappa shape index (κ2) is 8.76. The van der Waals surface area contributed by atoms with Gasteiger partial charge in [0.2, 0.25) is 11.8 Å². The molecule has 0 fully saturated rings. The lowest BCUT2D eigenvalue weighted by atomic mass is 10.0. The van der Waals surface area contributed by atoms with E-state index in [0.717, 1.165) is 29.1 Å². The first-order valence-corrected chi connectivity index (χ1v) is 9.24. The molecule has 0 aliphatic carbocycles. The lowest BCUT2D eigenvalue weighted by molar-refractivity contribution is -0.128. The Labute approximate surface area is 153 Å². The largest absolute Gasteiger partial charge is 0.354 e. The Morgan fingerprint density at radius 2 is 1.92 bits per heavy atom. The molecule has 0 bridgehead atoms. The highest BCUT2D eigenvalue weighted by atomic mass is 32.1. The molecule has 1 aromatic heterocycles. The van der Waals surface area contributed by atoms with E-state index in [4.69, 9.17) is 0 Å². The van der Waals surface area contributed by atoms with Gasteiger partial charge >= 0.3 is 0 Å². The van der Waals surface area contributed by atoms with Crippen molar-refractivity contribution in [2.75, 3.05) is 14.1 Å². The normalized spacial score (nSPS) is 11.8. The van der Waals surface area contributed by atoms with E-state index in [9.17, 15) is 9.59 Å². The van der Waals surface area contributed by atoms with Crippen LogP contribution in [-0.4, -0.2) is 41.8 Å². The zero-order valence-corrected chi connectivity index (χ0v) is 16.0. The van der Waals surface area contributed by atoms with Crippen molar-refractivity contribution in [2.24, 2.45) is 0 Å². The molecule has 0 aliphatic rings. The molecule has 2 amide bonds. The molecule has 0 aliphatic heterocycles. The first-order valence-electron chi connectivity index (χ1n) is 8.36. The zero-order chi connectivity index (χ0) is 18.4. The minimum Gasteiger partial charge on any atom is -0.354 e. The van der Waals surface area contributed by atoms with Crippen LogP contribution in [0.4, 0.5) is 0 Å². The molecule has 2 rings (SSSR count). The number of carbonyl (C=O) groups excluding carboxylic acids is 2. The minimum absolute atomic E-state index is 0.00920. The fourth-order valence-electron chi connectivity index (χ4n) is 2.46. The molecule has 0 saturated heterocycles. The standard InChI is InChI=1S/C19H25N3O2S/c1-13(20-14(2)23)5-6-15-7-9-16(10-8-15)17-12-25-18(21-17)11-19(24)22(3)4/h7-10,12-13H,5-6,11H2,1-4H3,(H,20,23)/t13-/m1/s1. The molecule has 0 saturated carbocycles. The number of aryl methyl sites for hydroxylation is 1. The lowest BCUT2D eigenvalue weighted by Crippen LogP contribution is -2.30. The highest BCUT2D eigenvalue weighted by Gasteiger charge is 2.11. The molecular formula is C19H25N3O2S. The maximum atomic E-state index is 11.8. The Morgan fingerprint density at radius 1 is 1.24 bits per heavy atom. The summed E-state index contributed by atoms with van der Waals surface area (Å²) in [6.45, 7) is 3.56. The summed E-state index contributed by atoms with van der Waals surface area (Å²) in [4.78, 5) is 28.9. The number of amides is 2. The number of likely N-dealkylation sites (N-methyl/N-ethyl adjacent to an activating group) is 1. The molecule has 5 nitrogen and oxygen atoms in total. The van der Waals surface area contributed by atoms with E-state index in [1.54, 1.807) is 25.9 Å². The lowest BCUT2D eigenvalue weighted by Gasteiger charge is -2.12. The number of hydrogen-bond donors (Lipinski definition) is 1. The number of nitrogens with one attached hydrogen (secondary N) is 1. The van der Waals surface area contributed by atoms with Crippen LogP contribution in [0.2, 0.25) is 0 Å². The second-order valence-corrected chi connectivity index (χ2v) is 7.37. The van der Waals surface area contributed by atoms with Crippen molar-refractivity contribution in [1.29, 1.82) is 0 Å². The van der Waals surface area contributed by atoms with Gasteiger partial charge in [0, 0.05) is 38.0 Å². The van der Waals surface area contributed by atoms with Gasteiger partial charge in [-0.05, 0) is 25.3 Å². The molecule has 0 unspecified atom stereocenters. The molecule has 134 valence electrons. The first-order chi connectivity index (χ1) is 11.8. The third-order valence-corrected chi connectivity index (χ3v) is 4.77. The predicted molar refractivity (Wildman–Crippen MR) is 102 cm³/mol. The molecule has 1 heterocycles. The van der Waals surface area contributed by atoms with Crippen molar-refractivity contribution >= 4 is 23.2 Å². The Bertz CT molecular complexity index is 723. The van der Waals surface area contributed by atoms with Gasteiger partial charge in [0.1, 0.15) is 5.01 Å². The molecule has 1 N–H and O–H groups in total. The second-order valence-electron chi connectivity index (χ2n) is 6.43. The molecule has 1 atom stereocenters. The fourth-order valence-corrected chi connectivity index (χ4v) is 3.25. The summed E-state index contributed by atoms with van der Waals surface area (Å²) in [7, 11) is 3.50. The Kier molecular flexibility index (Phi) is 6.70. The zero-order valence-electron chi connectivity index (χ0n) is 15.2. The highest BCUT2D eigenvalue weighted by Crippen LogP contribution is 2.23. The van der Waals surface area contributed by atoms with Crippen LogP contribution in [0.3, 0.4) is 0 Å². The van der Waals surface area contributed by atoms with Crippen LogP contribution in [0.25, 0.3) is 11.3 Å². The Morgan fingerprint density at radius 3 is 2.52 bits per heavy atom. The molecule has 6 heteroatoms. The van der Waals surface area contributed by atoms with Crippen molar-refractivity contribution in [2.45, 2.75) is 39.2 Å².